The Balaban J connectivity index is 0.000000157. The molecule has 0 unspecified atom stereocenters. The second-order valence-corrected chi connectivity index (χ2v) is 18.8. The molecule has 0 aliphatic carbocycles. The normalized spacial score (nSPS) is 10.8. The van der Waals surface area contributed by atoms with E-state index < -0.39 is 0 Å². The van der Waals surface area contributed by atoms with E-state index >= 15 is 0 Å². The molecule has 0 amide bonds. The summed E-state index contributed by atoms with van der Waals surface area (Å²) >= 11 is 0. The number of anilines is 6. The molecule has 0 atom stereocenters. The third-order valence-electron chi connectivity index (χ3n) is 14.2. The quantitative estimate of drug-likeness (QED) is 0.115. The van der Waals surface area contributed by atoms with Gasteiger partial charge in [-0.3, -0.25) is 9.97 Å². The van der Waals surface area contributed by atoms with Crippen molar-refractivity contribution in [3.8, 4) is 0 Å². The molecular formula is C64H82N8. The number of aromatic nitrogens is 2. The van der Waals surface area contributed by atoms with Crippen LogP contribution >= 0.6 is 0 Å². The van der Waals surface area contributed by atoms with Crippen LogP contribution in [0.2, 0.25) is 0 Å². The van der Waals surface area contributed by atoms with Crippen molar-refractivity contribution < 1.29 is 0 Å². The molecule has 0 fully saturated rings. The van der Waals surface area contributed by atoms with Crippen molar-refractivity contribution in [1.29, 1.82) is 0 Å². The maximum Gasteiger partial charge on any atom is 0.0967 e. The zero-order valence-electron chi connectivity index (χ0n) is 46.3. The average molecular weight is 963 g/mol. The fourth-order valence-electron chi connectivity index (χ4n) is 9.88. The Bertz CT molecular complexity index is 3040. The van der Waals surface area contributed by atoms with Crippen LogP contribution in [-0.2, 0) is 0 Å². The maximum atomic E-state index is 4.58. The van der Waals surface area contributed by atoms with Crippen LogP contribution in [0.15, 0.2) is 134 Å². The topological polar surface area (TPSA) is 54.0 Å². The number of rotatable bonds is 13. The Morgan fingerprint density at radius 1 is 0.375 bits per heavy atom. The van der Waals surface area contributed by atoms with E-state index in [4.69, 9.17) is 0 Å². The van der Waals surface area contributed by atoms with E-state index in [9.17, 15) is 0 Å². The first-order chi connectivity index (χ1) is 34.8. The number of fused-ring (bicyclic) bond motifs is 6. The lowest BCUT2D eigenvalue weighted by Crippen LogP contribution is -2.25. The number of nitrogens with zero attached hydrogens (tertiary/aromatic N) is 7. The van der Waals surface area contributed by atoms with Crippen molar-refractivity contribution >= 4 is 88.2 Å². The summed E-state index contributed by atoms with van der Waals surface area (Å²) in [4.78, 5) is 20.8. The van der Waals surface area contributed by atoms with E-state index in [2.05, 4.69) is 265 Å². The number of aryl methyl sites for hydroxylation is 4. The van der Waals surface area contributed by atoms with Gasteiger partial charge in [0.05, 0.1) is 11.0 Å². The largest absolute Gasteiger partial charge is 0.385 e. The van der Waals surface area contributed by atoms with Crippen molar-refractivity contribution in [3.63, 3.8) is 0 Å². The predicted molar refractivity (Wildman–Crippen MR) is 321 cm³/mol. The smallest absolute Gasteiger partial charge is 0.0967 e. The molecule has 72 heavy (non-hydrogen) atoms. The molecule has 1 N–H and O–H groups in total. The first kappa shape index (κ1) is 54.3. The minimum Gasteiger partial charge on any atom is -0.385 e. The Kier molecular flexibility index (Phi) is 19.1. The van der Waals surface area contributed by atoms with Crippen LogP contribution in [0, 0.1) is 27.7 Å². The summed E-state index contributed by atoms with van der Waals surface area (Å²) in [6.45, 7) is 31.1. The van der Waals surface area contributed by atoms with Crippen molar-refractivity contribution in [2.24, 2.45) is 0 Å². The van der Waals surface area contributed by atoms with Crippen molar-refractivity contribution in [2.45, 2.75) is 76.2 Å². The van der Waals surface area contributed by atoms with Crippen LogP contribution in [0.4, 0.5) is 34.1 Å². The third-order valence-corrected chi connectivity index (χ3v) is 14.2. The van der Waals surface area contributed by atoms with E-state index in [-0.39, 0.29) is 0 Å². The van der Waals surface area contributed by atoms with Gasteiger partial charge in [-0.15, -0.1) is 0 Å². The number of benzene rings is 7. The molecule has 8 heteroatoms. The van der Waals surface area contributed by atoms with Crippen molar-refractivity contribution in [3.05, 3.63) is 156 Å². The highest BCUT2D eigenvalue weighted by atomic mass is 15.1. The van der Waals surface area contributed by atoms with Gasteiger partial charge in [0.15, 0.2) is 0 Å². The molecule has 2 heterocycles. The molecule has 2 aromatic heterocycles. The fourth-order valence-corrected chi connectivity index (χ4v) is 9.88. The summed E-state index contributed by atoms with van der Waals surface area (Å²) in [5.41, 5.74) is 14.9. The molecule has 0 aliphatic heterocycles. The van der Waals surface area contributed by atoms with Crippen LogP contribution in [0.1, 0.15) is 70.7 Å². The molecule has 0 spiro atoms. The molecule has 0 saturated carbocycles. The lowest BCUT2D eigenvalue weighted by atomic mass is 10.0. The van der Waals surface area contributed by atoms with Gasteiger partial charge in [0, 0.05) is 147 Å². The Morgan fingerprint density at radius 3 is 1.01 bits per heavy atom. The van der Waals surface area contributed by atoms with Gasteiger partial charge in [-0.05, 0) is 151 Å². The van der Waals surface area contributed by atoms with Gasteiger partial charge in [-0.2, -0.15) is 0 Å². The lowest BCUT2D eigenvalue weighted by Gasteiger charge is -2.28. The number of hydrogen-bond donors (Lipinski definition) is 1. The highest BCUT2D eigenvalue weighted by Crippen LogP contribution is 2.37. The van der Waals surface area contributed by atoms with E-state index in [0.29, 0.717) is 0 Å². The van der Waals surface area contributed by atoms with Crippen LogP contribution in [0.3, 0.4) is 0 Å². The van der Waals surface area contributed by atoms with E-state index in [0.717, 1.165) is 56.8 Å². The van der Waals surface area contributed by atoms with Gasteiger partial charge in [-0.1, -0.05) is 84.9 Å². The minimum atomic E-state index is 0.950. The van der Waals surface area contributed by atoms with Crippen LogP contribution < -0.4 is 29.8 Å². The van der Waals surface area contributed by atoms with E-state index in [1.165, 1.54) is 99.5 Å². The minimum absolute atomic E-state index is 0.950. The summed E-state index contributed by atoms with van der Waals surface area (Å²) in [6, 6.07) is 43.5. The SMILES string of the molecule is CCN(CC)c1cccc2cccc(N(CC)CC)c12.CCNc1cccc2cccc(N(CC)CC)c12.CN(C)c1cccc2cccc(N(C)C)c12.Cc1cnc2c(ccc3c(C)c(C)cnc32)c1C. The van der Waals surface area contributed by atoms with Crippen molar-refractivity contribution in [1.82, 2.24) is 9.97 Å². The van der Waals surface area contributed by atoms with E-state index in [1.54, 1.807) is 0 Å². The van der Waals surface area contributed by atoms with Gasteiger partial charge in [0.2, 0.25) is 0 Å². The Hall–Kier alpha value is -7.06. The lowest BCUT2D eigenvalue weighted by molar-refractivity contribution is 0.861. The molecular weight excluding hydrogens is 881 g/mol. The number of hydrogen-bond acceptors (Lipinski definition) is 8. The monoisotopic (exact) mass is 963 g/mol. The van der Waals surface area contributed by atoms with Gasteiger partial charge in [0.25, 0.3) is 0 Å². The molecule has 0 radical (unpaired) electrons. The Morgan fingerprint density at radius 2 is 0.681 bits per heavy atom. The third kappa shape index (κ3) is 11.8. The molecule has 9 rings (SSSR count). The molecule has 0 aliphatic rings. The number of pyridine rings is 2. The number of nitrogens with one attached hydrogen (secondary N) is 1. The summed E-state index contributed by atoms with van der Waals surface area (Å²) < 4.78 is 0. The van der Waals surface area contributed by atoms with Crippen LogP contribution in [0.5, 0.6) is 0 Å². The molecule has 7 aromatic carbocycles. The second-order valence-electron chi connectivity index (χ2n) is 18.8. The van der Waals surface area contributed by atoms with Crippen molar-refractivity contribution in [2.75, 3.05) is 104 Å². The molecule has 0 bridgehead atoms. The molecule has 378 valence electrons. The fraction of sp³-hybridized carbons (Fsp3) is 0.344. The second kappa shape index (κ2) is 25.4. The van der Waals surface area contributed by atoms with Crippen LogP contribution in [-0.4, -0.2) is 84.0 Å². The molecule has 9 aromatic rings. The summed E-state index contributed by atoms with van der Waals surface area (Å²) in [6.07, 6.45) is 3.88. The predicted octanol–water partition coefficient (Wildman–Crippen LogP) is 15.6. The summed E-state index contributed by atoms with van der Waals surface area (Å²) in [5, 5.41) is 13.9. The standard InChI is InChI=1S/C18H26N2.C16H16N2.C16H22N2.C14H18N2/c1-5-19(6-2)16-13-9-11-15-12-10-14-17(18(15)16)20(7-3)8-4;1-9-7-17-15-13(11(9)3)5-6-14-12(4)10(2)8-18-16(14)15;1-4-17-14-11-7-9-13-10-8-12-15(16(13)14)18(5-2)6-3;1-15(2)12-9-5-7-11-8-6-10-13(14(11)12)16(3)4/h9-14H,5-8H2,1-4H3;5-8H,1-4H3;7-12,17H,4-6H2,1-3H3;5-10H,1-4H3. The summed E-state index contributed by atoms with van der Waals surface area (Å²) in [5.74, 6) is 0. The zero-order chi connectivity index (χ0) is 52.1. The highest BCUT2D eigenvalue weighted by molar-refractivity contribution is 6.07. The van der Waals surface area contributed by atoms with E-state index in [1.807, 2.05) is 12.4 Å². The zero-order valence-corrected chi connectivity index (χ0v) is 46.3. The molecule has 0 saturated heterocycles. The summed E-state index contributed by atoms with van der Waals surface area (Å²) in [7, 11) is 8.34. The van der Waals surface area contributed by atoms with Gasteiger partial charge in [0.1, 0.15) is 0 Å². The van der Waals surface area contributed by atoms with Gasteiger partial charge in [-0.25, -0.2) is 0 Å². The molecule has 8 nitrogen and oxygen atoms in total. The van der Waals surface area contributed by atoms with Gasteiger partial charge < -0.3 is 29.8 Å². The highest BCUT2D eigenvalue weighted by Gasteiger charge is 2.15. The van der Waals surface area contributed by atoms with Crippen LogP contribution in [0.25, 0.3) is 54.1 Å². The Labute approximate surface area is 432 Å². The average Bonchev–Trinajstić information content (AvgIpc) is 3.40. The first-order valence-corrected chi connectivity index (χ1v) is 26.3. The van der Waals surface area contributed by atoms with Gasteiger partial charge >= 0.3 is 0 Å². The maximum absolute atomic E-state index is 4.58. The first-order valence-electron chi connectivity index (χ1n) is 26.3.